The molecule has 222 valence electrons. The van der Waals surface area contributed by atoms with Crippen LogP contribution in [0.5, 0.6) is 0 Å². The second-order valence-corrected chi connectivity index (χ2v) is 10.3. The monoisotopic (exact) mass is 552 g/mol. The molecular weight excluding hydrogens is 504 g/mol. The van der Waals surface area contributed by atoms with Crippen molar-refractivity contribution in [1.29, 1.82) is 0 Å². The van der Waals surface area contributed by atoms with Crippen LogP contribution in [0.3, 0.4) is 0 Å². The van der Waals surface area contributed by atoms with Crippen molar-refractivity contribution >= 4 is 40.9 Å². The fraction of sp³-hybridized carbons (Fsp3) is 0.750. The summed E-state index contributed by atoms with van der Waals surface area (Å²) in [4.78, 5) is 85.7. The second kappa shape index (κ2) is 20.0. The van der Waals surface area contributed by atoms with Gasteiger partial charge in [-0.2, -0.15) is 0 Å². The Bertz CT molecular complexity index is 859. The quantitative estimate of drug-likeness (QED) is 0.147. The number of nitrogens with one attached hydrogen (secondary N) is 4. The van der Waals surface area contributed by atoms with Gasteiger partial charge in [-0.1, -0.05) is 26.2 Å². The van der Waals surface area contributed by atoms with Gasteiger partial charge in [0.05, 0.1) is 6.04 Å². The molecule has 0 aromatic heterocycles. The van der Waals surface area contributed by atoms with Crippen LogP contribution in [-0.2, 0) is 33.6 Å². The number of Topliss-reactive ketones (excluding diaryl/α,β-unsaturated/α-hetero) is 4. The number of hydrogen-bond donors (Lipinski definition) is 4. The van der Waals surface area contributed by atoms with E-state index in [0.29, 0.717) is 6.42 Å². The van der Waals surface area contributed by atoms with Gasteiger partial charge in [0.15, 0.2) is 0 Å². The maximum Gasteiger partial charge on any atom is 0.243 e. The number of amides is 3. The first-order valence-corrected chi connectivity index (χ1v) is 13.9. The van der Waals surface area contributed by atoms with E-state index in [2.05, 4.69) is 28.2 Å². The highest BCUT2D eigenvalue weighted by molar-refractivity contribution is 5.94. The van der Waals surface area contributed by atoms with Gasteiger partial charge in [0, 0.05) is 31.7 Å². The van der Waals surface area contributed by atoms with Crippen molar-refractivity contribution < 1.29 is 33.6 Å². The van der Waals surface area contributed by atoms with E-state index in [9.17, 15) is 33.6 Å². The van der Waals surface area contributed by atoms with E-state index in [1.807, 2.05) is 0 Å². The van der Waals surface area contributed by atoms with Gasteiger partial charge in [0.2, 0.25) is 17.7 Å². The number of unbranched alkanes of at least 4 members (excludes halogenated alkanes) is 2. The number of ketones is 4. The van der Waals surface area contributed by atoms with Gasteiger partial charge in [-0.15, -0.1) is 0 Å². The molecular formula is C28H48N4O7. The van der Waals surface area contributed by atoms with Crippen molar-refractivity contribution in [2.75, 3.05) is 7.05 Å². The fourth-order valence-corrected chi connectivity index (χ4v) is 4.05. The second-order valence-electron chi connectivity index (χ2n) is 10.3. The number of likely N-dealkylation sites (N-methyl/N-ethyl adjacent to an activating group) is 1. The lowest BCUT2D eigenvalue weighted by atomic mass is 10.0. The Morgan fingerprint density at radius 3 is 1.33 bits per heavy atom. The highest BCUT2D eigenvalue weighted by atomic mass is 16.2. The van der Waals surface area contributed by atoms with Gasteiger partial charge in [-0.25, -0.2) is 0 Å². The lowest BCUT2D eigenvalue weighted by molar-refractivity contribution is -0.133. The van der Waals surface area contributed by atoms with Crippen LogP contribution in [0.1, 0.15) is 105 Å². The standard InChI is InChI=1S/C28H48N4O7/c1-7-8-9-10-22(17-21(5)36)30-27(38)24(15-12-19(3)34)32-28(39)25(16-13-20(4)35)31-26(37)23(29-6)14-11-18(2)33/h22-25,29H,7-17H2,1-6H3,(H,30,38)(H,31,37)(H,32,39). The average Bonchev–Trinajstić information content (AvgIpc) is 2.83. The number of carbonyl (C=O) groups excluding carboxylic acids is 7. The normalized spacial score (nSPS) is 13.9. The molecule has 11 nitrogen and oxygen atoms in total. The fourth-order valence-electron chi connectivity index (χ4n) is 4.05. The number of rotatable bonds is 22. The summed E-state index contributed by atoms with van der Waals surface area (Å²) in [6.45, 7) is 7.68. The van der Waals surface area contributed by atoms with E-state index in [1.165, 1.54) is 27.7 Å². The van der Waals surface area contributed by atoms with Gasteiger partial charge >= 0.3 is 0 Å². The summed E-state index contributed by atoms with van der Waals surface area (Å²) in [5.74, 6) is -2.17. The summed E-state index contributed by atoms with van der Waals surface area (Å²) in [5, 5.41) is 11.0. The summed E-state index contributed by atoms with van der Waals surface area (Å²) in [7, 11) is 1.56. The first-order valence-electron chi connectivity index (χ1n) is 13.9. The summed E-state index contributed by atoms with van der Waals surface area (Å²) in [6.07, 6.45) is 4.06. The summed E-state index contributed by atoms with van der Waals surface area (Å²) < 4.78 is 0. The van der Waals surface area contributed by atoms with Crippen molar-refractivity contribution in [3.8, 4) is 0 Å². The number of hydrogen-bond acceptors (Lipinski definition) is 8. The molecule has 0 aromatic carbocycles. The third-order valence-electron chi connectivity index (χ3n) is 6.32. The minimum Gasteiger partial charge on any atom is -0.351 e. The maximum absolute atomic E-state index is 13.3. The molecule has 39 heavy (non-hydrogen) atoms. The van der Waals surface area contributed by atoms with Crippen LogP contribution in [0.25, 0.3) is 0 Å². The predicted octanol–water partition coefficient (Wildman–Crippen LogP) is 1.70. The van der Waals surface area contributed by atoms with Crippen LogP contribution in [0, 0.1) is 0 Å². The minimum atomic E-state index is -1.11. The molecule has 0 radical (unpaired) electrons. The molecule has 4 atom stereocenters. The first kappa shape index (κ1) is 36.0. The molecule has 0 aromatic rings. The molecule has 4 unspecified atom stereocenters. The molecule has 0 spiro atoms. The molecule has 0 aliphatic carbocycles. The van der Waals surface area contributed by atoms with Crippen molar-refractivity contribution in [3.63, 3.8) is 0 Å². The lowest BCUT2D eigenvalue weighted by Gasteiger charge is -2.26. The van der Waals surface area contributed by atoms with Crippen LogP contribution in [0.15, 0.2) is 0 Å². The lowest BCUT2D eigenvalue weighted by Crippen LogP contribution is -2.57. The Balaban J connectivity index is 5.72. The summed E-state index contributed by atoms with van der Waals surface area (Å²) >= 11 is 0. The van der Waals surface area contributed by atoms with Crippen molar-refractivity contribution in [2.45, 2.75) is 129 Å². The minimum absolute atomic E-state index is 0.0150. The van der Waals surface area contributed by atoms with Crippen molar-refractivity contribution in [3.05, 3.63) is 0 Å². The molecule has 0 saturated carbocycles. The Hall–Kier alpha value is -2.95. The van der Waals surface area contributed by atoms with Crippen LogP contribution in [-0.4, -0.2) is 72.1 Å². The first-order chi connectivity index (χ1) is 18.3. The van der Waals surface area contributed by atoms with Crippen molar-refractivity contribution in [1.82, 2.24) is 21.3 Å². The van der Waals surface area contributed by atoms with Gasteiger partial charge in [-0.3, -0.25) is 19.2 Å². The molecule has 0 saturated heterocycles. The average molecular weight is 553 g/mol. The number of carbonyl (C=O) groups is 7. The molecule has 4 N–H and O–H groups in total. The highest BCUT2D eigenvalue weighted by Crippen LogP contribution is 2.10. The Labute approximate surface area is 232 Å². The van der Waals surface area contributed by atoms with Crippen LogP contribution >= 0.6 is 0 Å². The third-order valence-corrected chi connectivity index (χ3v) is 6.32. The van der Waals surface area contributed by atoms with E-state index in [4.69, 9.17) is 0 Å². The third kappa shape index (κ3) is 17.3. The summed E-state index contributed by atoms with van der Waals surface area (Å²) in [5.41, 5.74) is 0. The molecule has 11 heteroatoms. The maximum atomic E-state index is 13.3. The van der Waals surface area contributed by atoms with Crippen LogP contribution < -0.4 is 21.3 Å². The van der Waals surface area contributed by atoms with Gasteiger partial charge in [0.25, 0.3) is 0 Å². The van der Waals surface area contributed by atoms with Gasteiger partial charge in [-0.05, 0) is 60.4 Å². The SMILES string of the molecule is CCCCCC(CC(C)=O)NC(=O)C(CCC(C)=O)NC(=O)C(CCC(C)=O)NC(=O)C(CCC(C)=O)NC. The van der Waals surface area contributed by atoms with Crippen molar-refractivity contribution in [2.24, 2.45) is 0 Å². The Kier molecular flexibility index (Phi) is 18.5. The van der Waals surface area contributed by atoms with Crippen LogP contribution in [0.4, 0.5) is 0 Å². The van der Waals surface area contributed by atoms with Gasteiger partial charge in [0.1, 0.15) is 35.2 Å². The van der Waals surface area contributed by atoms with E-state index in [0.717, 1.165) is 19.3 Å². The van der Waals surface area contributed by atoms with E-state index >= 15 is 0 Å². The highest BCUT2D eigenvalue weighted by Gasteiger charge is 2.30. The smallest absolute Gasteiger partial charge is 0.243 e. The van der Waals surface area contributed by atoms with Gasteiger partial charge < -0.3 is 35.7 Å². The molecule has 0 aliphatic heterocycles. The van der Waals surface area contributed by atoms with E-state index < -0.39 is 41.9 Å². The van der Waals surface area contributed by atoms with E-state index in [-0.39, 0.29) is 68.1 Å². The Morgan fingerprint density at radius 2 is 0.949 bits per heavy atom. The largest absolute Gasteiger partial charge is 0.351 e. The topological polar surface area (TPSA) is 168 Å². The molecule has 0 bridgehead atoms. The zero-order valence-electron chi connectivity index (χ0n) is 24.4. The Morgan fingerprint density at radius 1 is 0.538 bits per heavy atom. The molecule has 3 amide bonds. The zero-order chi connectivity index (χ0) is 30.0. The molecule has 0 heterocycles. The molecule has 0 rings (SSSR count). The van der Waals surface area contributed by atoms with Crippen LogP contribution in [0.2, 0.25) is 0 Å². The molecule has 0 fully saturated rings. The zero-order valence-corrected chi connectivity index (χ0v) is 24.4. The summed E-state index contributed by atoms with van der Waals surface area (Å²) in [6, 6.07) is -3.31. The predicted molar refractivity (Wildman–Crippen MR) is 148 cm³/mol. The molecule has 0 aliphatic rings. The van der Waals surface area contributed by atoms with E-state index in [1.54, 1.807) is 7.05 Å².